The van der Waals surface area contributed by atoms with Crippen molar-refractivity contribution in [1.82, 2.24) is 15.1 Å². The Bertz CT molecular complexity index is 393. The third kappa shape index (κ3) is 7.65. The van der Waals surface area contributed by atoms with Gasteiger partial charge in [0.2, 0.25) is 0 Å². The third-order valence-electron chi connectivity index (χ3n) is 3.54. The van der Waals surface area contributed by atoms with Crippen LogP contribution in [-0.4, -0.2) is 49.1 Å². The van der Waals surface area contributed by atoms with Crippen molar-refractivity contribution in [2.75, 3.05) is 33.7 Å². The fourth-order valence-electron chi connectivity index (χ4n) is 2.21. The van der Waals surface area contributed by atoms with Crippen LogP contribution >= 0.6 is 0 Å². The van der Waals surface area contributed by atoms with Crippen molar-refractivity contribution in [2.24, 2.45) is 0 Å². The molecule has 0 unspecified atom stereocenters. The lowest BCUT2D eigenvalue weighted by Gasteiger charge is -2.23. The molecule has 1 aromatic rings. The molecule has 0 spiro atoms. The zero-order valence-electron chi connectivity index (χ0n) is 14.7. The highest BCUT2D eigenvalue weighted by Gasteiger charge is 2.14. The van der Waals surface area contributed by atoms with Gasteiger partial charge < -0.3 is 14.6 Å². The van der Waals surface area contributed by atoms with E-state index in [1.165, 1.54) is 12.0 Å². The molecule has 0 saturated carbocycles. The molecule has 4 nitrogen and oxygen atoms in total. The molecule has 0 aliphatic heterocycles. The molecule has 0 fully saturated rings. The van der Waals surface area contributed by atoms with E-state index in [1.807, 2.05) is 6.26 Å². The molecule has 1 N–H and O–H groups in total. The molecule has 0 bridgehead atoms. The zero-order chi connectivity index (χ0) is 15.9. The summed E-state index contributed by atoms with van der Waals surface area (Å²) in [5.41, 5.74) is 1.42. The smallest absolute Gasteiger partial charge is 0.122 e. The van der Waals surface area contributed by atoms with Gasteiger partial charge in [0.1, 0.15) is 5.76 Å². The molecule has 21 heavy (non-hydrogen) atoms. The third-order valence-corrected chi connectivity index (χ3v) is 3.54. The fourth-order valence-corrected chi connectivity index (χ4v) is 2.21. The van der Waals surface area contributed by atoms with Crippen LogP contribution in [0.5, 0.6) is 0 Å². The van der Waals surface area contributed by atoms with Crippen molar-refractivity contribution in [3.8, 4) is 0 Å². The van der Waals surface area contributed by atoms with Gasteiger partial charge in [0, 0.05) is 17.6 Å². The molecule has 1 heterocycles. The first-order chi connectivity index (χ1) is 9.81. The van der Waals surface area contributed by atoms with Crippen LogP contribution < -0.4 is 5.32 Å². The molecule has 0 amide bonds. The van der Waals surface area contributed by atoms with Gasteiger partial charge in [-0.2, -0.15) is 0 Å². The fraction of sp³-hybridized carbons (Fsp3) is 0.765. The molecule has 1 rings (SSSR count). The minimum atomic E-state index is 0.111. The standard InChI is InChI=1S/C17H33N3O/c1-7-20(11-8-10-19(5)6)14-15-9-12-21-16(15)13-18-17(2,3)4/h9,12,18H,7-8,10-11,13-14H2,1-6H3. The summed E-state index contributed by atoms with van der Waals surface area (Å²) in [6, 6.07) is 2.11. The van der Waals surface area contributed by atoms with E-state index >= 15 is 0 Å². The molecule has 0 saturated heterocycles. The van der Waals surface area contributed by atoms with Crippen LogP contribution in [0.4, 0.5) is 0 Å². The summed E-state index contributed by atoms with van der Waals surface area (Å²) in [4.78, 5) is 4.72. The number of rotatable bonds is 9. The zero-order valence-corrected chi connectivity index (χ0v) is 14.7. The average Bonchev–Trinajstić information content (AvgIpc) is 2.81. The number of hydrogen-bond donors (Lipinski definition) is 1. The van der Waals surface area contributed by atoms with Crippen LogP contribution in [0.3, 0.4) is 0 Å². The molecule has 0 aromatic carbocycles. The van der Waals surface area contributed by atoms with Gasteiger partial charge in [0.05, 0.1) is 12.8 Å². The summed E-state index contributed by atoms with van der Waals surface area (Å²) >= 11 is 0. The summed E-state index contributed by atoms with van der Waals surface area (Å²) in [6.45, 7) is 13.9. The highest BCUT2D eigenvalue weighted by atomic mass is 16.3. The van der Waals surface area contributed by atoms with Crippen molar-refractivity contribution in [2.45, 2.75) is 52.7 Å². The first-order valence-electron chi connectivity index (χ1n) is 7.99. The van der Waals surface area contributed by atoms with Crippen LogP contribution in [0.25, 0.3) is 0 Å². The van der Waals surface area contributed by atoms with Crippen LogP contribution in [0.1, 0.15) is 45.4 Å². The van der Waals surface area contributed by atoms with E-state index in [2.05, 4.69) is 63.0 Å². The van der Waals surface area contributed by atoms with E-state index in [0.717, 1.165) is 38.5 Å². The number of hydrogen-bond acceptors (Lipinski definition) is 4. The normalized spacial score (nSPS) is 12.6. The molecule has 4 heteroatoms. The second-order valence-electron chi connectivity index (χ2n) is 7.00. The maximum atomic E-state index is 5.65. The van der Waals surface area contributed by atoms with Crippen molar-refractivity contribution >= 4 is 0 Å². The number of nitrogens with zero attached hydrogens (tertiary/aromatic N) is 2. The summed E-state index contributed by atoms with van der Waals surface area (Å²) in [6.07, 6.45) is 3.01. The van der Waals surface area contributed by atoms with Crippen molar-refractivity contribution < 1.29 is 4.42 Å². The SMILES string of the molecule is CCN(CCCN(C)C)Cc1ccoc1CNC(C)(C)C. The molecule has 0 aliphatic rings. The van der Waals surface area contributed by atoms with Crippen LogP contribution in [-0.2, 0) is 13.1 Å². The Morgan fingerprint density at radius 2 is 1.90 bits per heavy atom. The predicted molar refractivity (Wildman–Crippen MR) is 89.4 cm³/mol. The second kappa shape index (κ2) is 8.57. The molecule has 0 atom stereocenters. The Kier molecular flexibility index (Phi) is 7.43. The van der Waals surface area contributed by atoms with Gasteiger partial charge in [0.15, 0.2) is 0 Å². The summed E-state index contributed by atoms with van der Waals surface area (Å²) in [5, 5.41) is 3.50. The van der Waals surface area contributed by atoms with Crippen LogP contribution in [0.15, 0.2) is 16.7 Å². The van der Waals surface area contributed by atoms with E-state index in [1.54, 1.807) is 0 Å². The Balaban J connectivity index is 2.50. The highest BCUT2D eigenvalue weighted by Crippen LogP contribution is 2.15. The van der Waals surface area contributed by atoms with Gasteiger partial charge in [-0.1, -0.05) is 6.92 Å². The van der Waals surface area contributed by atoms with Crippen molar-refractivity contribution in [1.29, 1.82) is 0 Å². The predicted octanol–water partition coefficient (Wildman–Crippen LogP) is 2.94. The molecular formula is C17H33N3O. The van der Waals surface area contributed by atoms with Gasteiger partial charge in [-0.15, -0.1) is 0 Å². The van der Waals surface area contributed by atoms with E-state index < -0.39 is 0 Å². The van der Waals surface area contributed by atoms with Gasteiger partial charge in [-0.05, 0) is 67.0 Å². The lowest BCUT2D eigenvalue weighted by molar-refractivity contribution is 0.256. The van der Waals surface area contributed by atoms with Gasteiger partial charge in [-0.25, -0.2) is 0 Å². The summed E-state index contributed by atoms with van der Waals surface area (Å²) < 4.78 is 5.65. The summed E-state index contributed by atoms with van der Waals surface area (Å²) in [7, 11) is 4.26. The van der Waals surface area contributed by atoms with Gasteiger partial charge >= 0.3 is 0 Å². The summed E-state index contributed by atoms with van der Waals surface area (Å²) in [5.74, 6) is 1.07. The van der Waals surface area contributed by atoms with E-state index in [9.17, 15) is 0 Å². The largest absolute Gasteiger partial charge is 0.468 e. The van der Waals surface area contributed by atoms with Crippen molar-refractivity contribution in [3.05, 3.63) is 23.7 Å². The maximum absolute atomic E-state index is 5.65. The number of nitrogens with one attached hydrogen (secondary N) is 1. The Morgan fingerprint density at radius 1 is 1.19 bits per heavy atom. The first-order valence-corrected chi connectivity index (χ1v) is 7.99. The molecule has 0 radical (unpaired) electrons. The van der Waals surface area contributed by atoms with Crippen LogP contribution in [0, 0.1) is 0 Å². The Morgan fingerprint density at radius 3 is 2.48 bits per heavy atom. The highest BCUT2D eigenvalue weighted by molar-refractivity contribution is 5.17. The molecule has 0 aliphatic carbocycles. The van der Waals surface area contributed by atoms with E-state index in [4.69, 9.17) is 4.42 Å². The second-order valence-corrected chi connectivity index (χ2v) is 7.00. The van der Waals surface area contributed by atoms with E-state index in [-0.39, 0.29) is 5.54 Å². The van der Waals surface area contributed by atoms with Crippen molar-refractivity contribution in [3.63, 3.8) is 0 Å². The van der Waals surface area contributed by atoms with Crippen LogP contribution in [0.2, 0.25) is 0 Å². The molecule has 1 aromatic heterocycles. The minimum Gasteiger partial charge on any atom is -0.468 e. The average molecular weight is 295 g/mol. The lowest BCUT2D eigenvalue weighted by Crippen LogP contribution is -2.35. The Hall–Kier alpha value is -0.840. The van der Waals surface area contributed by atoms with E-state index in [0.29, 0.717) is 0 Å². The van der Waals surface area contributed by atoms with Gasteiger partial charge in [0.25, 0.3) is 0 Å². The Labute approximate surface area is 130 Å². The maximum Gasteiger partial charge on any atom is 0.122 e. The first kappa shape index (κ1) is 18.2. The molecule has 122 valence electrons. The topological polar surface area (TPSA) is 31.6 Å². The lowest BCUT2D eigenvalue weighted by atomic mass is 10.1. The number of furan rings is 1. The van der Waals surface area contributed by atoms with Gasteiger partial charge in [-0.3, -0.25) is 4.90 Å². The monoisotopic (exact) mass is 295 g/mol. The molecular weight excluding hydrogens is 262 g/mol. The minimum absolute atomic E-state index is 0.111. The quantitative estimate of drug-likeness (QED) is 0.759.